The first-order valence-electron chi connectivity index (χ1n) is 5.07. The molecule has 0 unspecified atom stereocenters. The highest BCUT2D eigenvalue weighted by Gasteiger charge is 2.76. The van der Waals surface area contributed by atoms with E-state index in [9.17, 15) is 39.9 Å². The number of carbonyl (C=O) groups is 1. The van der Waals surface area contributed by atoms with E-state index in [1.807, 2.05) is 0 Å². The van der Waals surface area contributed by atoms with E-state index in [-0.39, 0.29) is 6.07 Å². The van der Waals surface area contributed by atoms with Gasteiger partial charge in [-0.25, -0.2) is 4.39 Å². The van der Waals surface area contributed by atoms with E-state index >= 15 is 0 Å². The summed E-state index contributed by atoms with van der Waals surface area (Å²) in [5.74, 6) is -17.7. The highest BCUT2D eigenvalue weighted by atomic mass is 19.4. The van der Waals surface area contributed by atoms with Gasteiger partial charge in [0.1, 0.15) is 11.6 Å². The number of Topliss-reactive ketones (excluding diaryl/α,β-unsaturated/α-hetero) is 1. The summed E-state index contributed by atoms with van der Waals surface area (Å²) in [4.78, 5) is 11.3. The molecule has 0 aliphatic carbocycles. The Morgan fingerprint density at radius 2 is 1.57 bits per heavy atom. The van der Waals surface area contributed by atoms with Gasteiger partial charge in [0.15, 0.2) is 0 Å². The molecule has 0 bridgehead atoms. The number of carbonyl (C=O) groups excluding carboxylic acids is 1. The smallest absolute Gasteiger partial charge is 0.460 e. The van der Waals surface area contributed by atoms with E-state index in [1.54, 1.807) is 0 Å². The van der Waals surface area contributed by atoms with Crippen LogP contribution in [0.15, 0.2) is 18.2 Å². The largest absolute Gasteiger partial charge is 0.496 e. The lowest BCUT2D eigenvalue weighted by molar-refractivity contribution is -0.339. The Morgan fingerprint density at radius 3 is 2.00 bits per heavy atom. The molecule has 118 valence electrons. The number of ether oxygens (including phenoxy) is 1. The summed E-state index contributed by atoms with van der Waals surface area (Å²) in [6.07, 6.45) is -6.66. The van der Waals surface area contributed by atoms with E-state index in [0.717, 1.165) is 7.11 Å². The van der Waals surface area contributed by atoms with Gasteiger partial charge in [0.05, 0.1) is 12.7 Å². The fourth-order valence-electron chi connectivity index (χ4n) is 1.35. The van der Waals surface area contributed by atoms with Crippen molar-refractivity contribution in [1.29, 1.82) is 0 Å². The second-order valence-corrected chi connectivity index (χ2v) is 3.82. The van der Waals surface area contributed by atoms with Crippen molar-refractivity contribution >= 4 is 5.78 Å². The Kier molecular flexibility index (Phi) is 4.22. The predicted molar refractivity (Wildman–Crippen MR) is 53.2 cm³/mol. The van der Waals surface area contributed by atoms with Crippen LogP contribution in [-0.2, 0) is 0 Å². The Labute approximate surface area is 112 Å². The normalized spacial score (nSPS) is 13.2. The molecule has 0 amide bonds. The third kappa shape index (κ3) is 2.79. The number of hydrogen-bond acceptors (Lipinski definition) is 2. The van der Waals surface area contributed by atoms with Crippen molar-refractivity contribution in [3.63, 3.8) is 0 Å². The Hall–Kier alpha value is -1.87. The summed E-state index contributed by atoms with van der Waals surface area (Å²) in [6, 6.07) is 1.38. The highest BCUT2D eigenvalue weighted by Crippen LogP contribution is 2.48. The molecule has 1 aromatic rings. The zero-order valence-electron chi connectivity index (χ0n) is 10.1. The fraction of sp³-hybridized carbons (Fsp3) is 0.364. The van der Waals surface area contributed by atoms with Gasteiger partial charge >= 0.3 is 18.0 Å². The maximum atomic E-state index is 13.2. The first-order chi connectivity index (χ1) is 9.36. The molecular formula is C11H6F8O2. The lowest BCUT2D eigenvalue weighted by Crippen LogP contribution is -2.56. The average molecular weight is 322 g/mol. The van der Waals surface area contributed by atoms with Crippen molar-refractivity contribution in [2.75, 3.05) is 7.11 Å². The van der Waals surface area contributed by atoms with Crippen LogP contribution in [0, 0.1) is 5.82 Å². The van der Waals surface area contributed by atoms with Gasteiger partial charge in [-0.05, 0) is 18.2 Å². The second kappa shape index (κ2) is 5.15. The van der Waals surface area contributed by atoms with E-state index in [2.05, 4.69) is 4.74 Å². The van der Waals surface area contributed by atoms with E-state index in [0.29, 0.717) is 12.1 Å². The van der Waals surface area contributed by atoms with Crippen LogP contribution < -0.4 is 4.74 Å². The molecule has 0 N–H and O–H groups in total. The minimum atomic E-state index is -6.66. The predicted octanol–water partition coefficient (Wildman–Crippen LogP) is 3.85. The van der Waals surface area contributed by atoms with Crippen molar-refractivity contribution in [3.8, 4) is 5.75 Å². The monoisotopic (exact) mass is 322 g/mol. The quantitative estimate of drug-likeness (QED) is 0.622. The maximum Gasteiger partial charge on any atom is 0.460 e. The molecule has 0 aliphatic heterocycles. The molecule has 2 nitrogen and oxygen atoms in total. The molecule has 0 heterocycles. The molecule has 0 radical (unpaired) electrons. The van der Waals surface area contributed by atoms with Crippen molar-refractivity contribution in [1.82, 2.24) is 0 Å². The molecular weight excluding hydrogens is 316 g/mol. The third-order valence-electron chi connectivity index (χ3n) is 2.44. The molecule has 0 aromatic heterocycles. The van der Waals surface area contributed by atoms with Crippen LogP contribution in [-0.4, -0.2) is 30.9 Å². The van der Waals surface area contributed by atoms with Crippen LogP contribution in [0.4, 0.5) is 35.1 Å². The molecule has 1 rings (SSSR count). The summed E-state index contributed by atoms with van der Waals surface area (Å²) in [5, 5.41) is 0. The zero-order valence-corrected chi connectivity index (χ0v) is 10.1. The average Bonchev–Trinajstić information content (AvgIpc) is 2.36. The fourth-order valence-corrected chi connectivity index (χ4v) is 1.35. The van der Waals surface area contributed by atoms with Crippen LogP contribution in [0.3, 0.4) is 0 Å². The van der Waals surface area contributed by atoms with Gasteiger partial charge in [-0.1, -0.05) is 0 Å². The van der Waals surface area contributed by atoms with Crippen molar-refractivity contribution in [2.24, 2.45) is 0 Å². The molecule has 10 heteroatoms. The maximum absolute atomic E-state index is 13.2. The summed E-state index contributed by atoms with van der Waals surface area (Å²) in [6.45, 7) is 0. The molecule has 0 aliphatic rings. The Balaban J connectivity index is 3.40. The highest BCUT2D eigenvalue weighted by molar-refractivity contribution is 6.04. The van der Waals surface area contributed by atoms with Gasteiger partial charge in [-0.3, -0.25) is 4.79 Å². The summed E-state index contributed by atoms with van der Waals surface area (Å²) < 4.78 is 105. The van der Waals surface area contributed by atoms with Gasteiger partial charge in [0.25, 0.3) is 0 Å². The van der Waals surface area contributed by atoms with E-state index < -0.39 is 40.9 Å². The first-order valence-corrected chi connectivity index (χ1v) is 5.07. The number of hydrogen-bond donors (Lipinski definition) is 0. The molecule has 0 saturated carbocycles. The lowest BCUT2D eigenvalue weighted by Gasteiger charge is -2.27. The Morgan fingerprint density at radius 1 is 1.05 bits per heavy atom. The Bertz CT molecular complexity index is 550. The first kappa shape index (κ1) is 17.2. The van der Waals surface area contributed by atoms with Crippen LogP contribution in [0.2, 0.25) is 0 Å². The number of rotatable bonds is 4. The van der Waals surface area contributed by atoms with Crippen LogP contribution in [0.25, 0.3) is 0 Å². The number of methoxy groups -OCH3 is 1. The van der Waals surface area contributed by atoms with Gasteiger partial charge in [-0.15, -0.1) is 0 Å². The second-order valence-electron chi connectivity index (χ2n) is 3.82. The van der Waals surface area contributed by atoms with Crippen LogP contribution in [0.5, 0.6) is 5.75 Å². The molecule has 0 atom stereocenters. The van der Waals surface area contributed by atoms with Crippen LogP contribution >= 0.6 is 0 Å². The summed E-state index contributed by atoms with van der Waals surface area (Å²) in [5.41, 5.74) is -1.42. The molecule has 21 heavy (non-hydrogen) atoms. The number of ketones is 1. The minimum absolute atomic E-state index is 0.0849. The lowest BCUT2D eigenvalue weighted by atomic mass is 9.99. The van der Waals surface area contributed by atoms with Gasteiger partial charge in [-0.2, -0.15) is 30.7 Å². The minimum Gasteiger partial charge on any atom is -0.496 e. The molecule has 0 saturated heterocycles. The molecule has 0 spiro atoms. The standard InChI is InChI=1S/C11H6F8O2/c1-21-7-3-2-5(12)4-6(7)8(20)9(13,14)10(15,16)11(17,18)19/h2-4H,1H3. The topological polar surface area (TPSA) is 26.3 Å². The van der Waals surface area contributed by atoms with Gasteiger partial charge in [0.2, 0.25) is 5.78 Å². The third-order valence-corrected chi connectivity index (χ3v) is 2.44. The summed E-state index contributed by atoms with van der Waals surface area (Å²) >= 11 is 0. The zero-order chi connectivity index (χ0) is 16.6. The van der Waals surface area contributed by atoms with Crippen LogP contribution in [0.1, 0.15) is 10.4 Å². The SMILES string of the molecule is COc1ccc(F)cc1C(=O)C(F)(F)C(F)(F)C(F)(F)F. The molecule has 0 fully saturated rings. The number of benzene rings is 1. The molecule has 1 aromatic carbocycles. The van der Waals surface area contributed by atoms with Crippen molar-refractivity contribution in [2.45, 2.75) is 18.0 Å². The van der Waals surface area contributed by atoms with Gasteiger partial charge in [0, 0.05) is 0 Å². The van der Waals surface area contributed by atoms with Gasteiger partial charge < -0.3 is 4.74 Å². The van der Waals surface area contributed by atoms with Crippen molar-refractivity contribution in [3.05, 3.63) is 29.6 Å². The van der Waals surface area contributed by atoms with E-state index in [4.69, 9.17) is 0 Å². The number of halogens is 8. The van der Waals surface area contributed by atoms with E-state index in [1.165, 1.54) is 0 Å². The summed E-state index contributed by atoms with van der Waals surface area (Å²) in [7, 11) is 0.837. The van der Waals surface area contributed by atoms with Crippen molar-refractivity contribution < 1.29 is 44.7 Å². The number of alkyl halides is 7.